The molecule has 5 nitrogen and oxygen atoms in total. The molecule has 0 spiro atoms. The van der Waals surface area contributed by atoms with Crippen LogP contribution < -0.4 is 0 Å². The molecule has 5 heterocycles. The van der Waals surface area contributed by atoms with Gasteiger partial charge in [-0.1, -0.05) is 121 Å². The van der Waals surface area contributed by atoms with Crippen LogP contribution in [0.3, 0.4) is 0 Å². The molecule has 0 saturated carbocycles. The van der Waals surface area contributed by atoms with Gasteiger partial charge in [-0.25, -0.2) is 0 Å². The molecule has 0 aliphatic carbocycles. The van der Waals surface area contributed by atoms with E-state index >= 15 is 0 Å². The molecule has 0 amide bonds. The van der Waals surface area contributed by atoms with Crippen molar-refractivity contribution in [3.05, 3.63) is 249 Å². The zero-order chi connectivity index (χ0) is 45.9. The topological polar surface area (TPSA) is 32.6 Å². The largest absolute Gasteiger partial charge is 0.309 e. The van der Waals surface area contributed by atoms with Gasteiger partial charge in [-0.2, -0.15) is 0 Å². The molecule has 15 rings (SSSR count). The average molecular weight is 892 g/mol. The van der Waals surface area contributed by atoms with Crippen LogP contribution in [0, 0.1) is 0 Å². The fourth-order valence-electron chi connectivity index (χ4n) is 11.5. The summed E-state index contributed by atoms with van der Waals surface area (Å²) in [6, 6.07) is 88.5. The van der Waals surface area contributed by atoms with Crippen molar-refractivity contribution in [2.24, 2.45) is 0 Å². The number of rotatable bonds is 6. The van der Waals surface area contributed by atoms with E-state index in [1.165, 1.54) is 76.5 Å². The number of hydrogen-bond acceptors (Lipinski definition) is 1. The van der Waals surface area contributed by atoms with Crippen molar-refractivity contribution in [2.75, 3.05) is 0 Å². The monoisotopic (exact) mass is 891 g/mol. The Morgan fingerprint density at radius 1 is 0.214 bits per heavy atom. The van der Waals surface area contributed by atoms with Crippen molar-refractivity contribution in [3.63, 3.8) is 0 Å². The molecule has 5 aromatic heterocycles. The van der Waals surface area contributed by atoms with Gasteiger partial charge in [0.25, 0.3) is 0 Å². The molecule has 0 N–H and O–H groups in total. The number of aromatic nitrogens is 5. The first-order valence-corrected chi connectivity index (χ1v) is 23.9. The summed E-state index contributed by atoms with van der Waals surface area (Å²) in [5, 5.41) is 8.55. The molecule has 0 aliphatic rings. The lowest BCUT2D eigenvalue weighted by atomic mass is 10.0. The van der Waals surface area contributed by atoms with Gasteiger partial charge in [-0.05, 0) is 144 Å². The lowest BCUT2D eigenvalue weighted by Crippen LogP contribution is -1.95. The zero-order valence-corrected chi connectivity index (χ0v) is 37.9. The molecule has 0 aliphatic heterocycles. The first-order valence-electron chi connectivity index (χ1n) is 23.9. The molecule has 15 aromatic rings. The Balaban J connectivity index is 0.839. The summed E-state index contributed by atoms with van der Waals surface area (Å²) in [6.45, 7) is 0. The maximum atomic E-state index is 4.89. The highest BCUT2D eigenvalue weighted by atomic mass is 15.0. The van der Waals surface area contributed by atoms with Crippen LogP contribution in [0.4, 0.5) is 0 Å². The molecular formula is C65H41N5. The Morgan fingerprint density at radius 2 is 0.586 bits per heavy atom. The van der Waals surface area contributed by atoms with E-state index in [-0.39, 0.29) is 0 Å². The summed E-state index contributed by atoms with van der Waals surface area (Å²) < 4.78 is 9.55. The second kappa shape index (κ2) is 15.0. The molecule has 0 unspecified atom stereocenters. The Hall–Kier alpha value is -9.45. The summed E-state index contributed by atoms with van der Waals surface area (Å²) in [4.78, 5) is 4.89. The second-order valence-corrected chi connectivity index (χ2v) is 18.4. The predicted octanol–water partition coefficient (Wildman–Crippen LogP) is 16.8. The minimum atomic E-state index is 1.00. The molecular weight excluding hydrogens is 851 g/mol. The van der Waals surface area contributed by atoms with Crippen LogP contribution in [0.2, 0.25) is 0 Å². The maximum absolute atomic E-state index is 4.89. The zero-order valence-electron chi connectivity index (χ0n) is 37.9. The summed E-state index contributed by atoms with van der Waals surface area (Å²) in [7, 11) is 0. The second-order valence-electron chi connectivity index (χ2n) is 18.4. The highest BCUT2D eigenvalue weighted by molar-refractivity contribution is 6.14. The number of para-hydroxylation sites is 5. The molecule has 0 fully saturated rings. The third kappa shape index (κ3) is 5.69. The Bertz CT molecular complexity index is 4590. The van der Waals surface area contributed by atoms with E-state index in [9.17, 15) is 0 Å². The van der Waals surface area contributed by atoms with E-state index in [0.29, 0.717) is 0 Å². The van der Waals surface area contributed by atoms with Gasteiger partial charge in [0.15, 0.2) is 0 Å². The van der Waals surface area contributed by atoms with Crippen LogP contribution in [-0.2, 0) is 0 Å². The number of hydrogen-bond donors (Lipinski definition) is 0. The van der Waals surface area contributed by atoms with Crippen molar-refractivity contribution in [1.82, 2.24) is 23.3 Å². The third-order valence-electron chi connectivity index (χ3n) is 14.6. The van der Waals surface area contributed by atoms with Crippen LogP contribution in [0.1, 0.15) is 0 Å². The molecule has 10 aromatic carbocycles. The van der Waals surface area contributed by atoms with E-state index in [1.54, 1.807) is 0 Å². The lowest BCUT2D eigenvalue weighted by Gasteiger charge is -2.12. The summed E-state index contributed by atoms with van der Waals surface area (Å²) >= 11 is 0. The fourth-order valence-corrected chi connectivity index (χ4v) is 11.5. The van der Waals surface area contributed by atoms with E-state index in [2.05, 4.69) is 255 Å². The van der Waals surface area contributed by atoms with E-state index in [1.807, 2.05) is 12.3 Å². The first-order chi connectivity index (χ1) is 34.7. The third-order valence-corrected chi connectivity index (χ3v) is 14.6. The van der Waals surface area contributed by atoms with Gasteiger partial charge in [0, 0.05) is 66.6 Å². The van der Waals surface area contributed by atoms with Gasteiger partial charge in [-0.3, -0.25) is 4.98 Å². The quantitative estimate of drug-likeness (QED) is 0.164. The highest BCUT2D eigenvalue weighted by Crippen LogP contribution is 2.41. The number of benzene rings is 10. The highest BCUT2D eigenvalue weighted by Gasteiger charge is 2.20. The summed E-state index contributed by atoms with van der Waals surface area (Å²) in [5.74, 6) is 0. The summed E-state index contributed by atoms with van der Waals surface area (Å²) in [5.41, 5.74) is 19.6. The average Bonchev–Trinajstić information content (AvgIpc) is 4.16. The molecule has 0 bridgehead atoms. The van der Waals surface area contributed by atoms with E-state index < -0.39 is 0 Å². The Labute approximate surface area is 402 Å². The van der Waals surface area contributed by atoms with Crippen molar-refractivity contribution >= 4 is 87.4 Å². The van der Waals surface area contributed by atoms with Crippen molar-refractivity contribution in [1.29, 1.82) is 0 Å². The van der Waals surface area contributed by atoms with Crippen LogP contribution in [0.25, 0.3) is 132 Å². The van der Waals surface area contributed by atoms with Gasteiger partial charge >= 0.3 is 0 Å². The molecule has 326 valence electrons. The predicted molar refractivity (Wildman–Crippen MR) is 292 cm³/mol. The maximum Gasteiger partial charge on any atom is 0.0963 e. The van der Waals surface area contributed by atoms with Gasteiger partial charge in [0.2, 0.25) is 0 Å². The fraction of sp³-hybridized carbons (Fsp3) is 0. The Kier molecular flexibility index (Phi) is 8.29. The normalized spacial score (nSPS) is 12.0. The standard InChI is InChI=1S/C65H41N5/c1-3-16-46(17-4-1)67-57-24-10-9-23-52(57)55-41-49(31-35-62(55)67)70-59-26-12-8-22-51(59)54-39-44(29-33-61(54)70)43-28-32-60-53(38-43)50-21-7-11-25-58(50)69(60)48-20-13-15-42(37-48)45-30-34-63-56(40-45)65-64(27-14-36-66-65)68(63)47-18-5-2-6-19-47/h1-41H. The SMILES string of the molecule is c1ccc(-n2c3ccccc3c3cc(-n4c5ccccc5c5cc(-c6ccc7c(c6)c6ccccc6n7-c6cccc(-c7ccc8c(c7)c7ncccc7n8-c7ccccc7)c6)ccc54)ccc32)cc1. The number of fused-ring (bicyclic) bond motifs is 12. The van der Waals surface area contributed by atoms with Crippen LogP contribution in [0.5, 0.6) is 0 Å². The Morgan fingerprint density at radius 3 is 1.14 bits per heavy atom. The van der Waals surface area contributed by atoms with Crippen LogP contribution in [0.15, 0.2) is 249 Å². The van der Waals surface area contributed by atoms with Crippen LogP contribution >= 0.6 is 0 Å². The lowest BCUT2D eigenvalue weighted by molar-refractivity contribution is 1.17. The van der Waals surface area contributed by atoms with Gasteiger partial charge in [0.05, 0.1) is 49.7 Å². The molecule has 0 saturated heterocycles. The number of nitrogens with zero attached hydrogens (tertiary/aromatic N) is 5. The van der Waals surface area contributed by atoms with Crippen molar-refractivity contribution < 1.29 is 0 Å². The van der Waals surface area contributed by atoms with Gasteiger partial charge in [-0.15, -0.1) is 0 Å². The first kappa shape index (κ1) is 38.6. The van der Waals surface area contributed by atoms with Crippen molar-refractivity contribution in [2.45, 2.75) is 0 Å². The minimum absolute atomic E-state index is 1.00. The minimum Gasteiger partial charge on any atom is -0.309 e. The van der Waals surface area contributed by atoms with E-state index in [4.69, 9.17) is 4.98 Å². The smallest absolute Gasteiger partial charge is 0.0963 e. The summed E-state index contributed by atoms with van der Waals surface area (Å²) in [6.07, 6.45) is 1.89. The molecule has 70 heavy (non-hydrogen) atoms. The van der Waals surface area contributed by atoms with Crippen molar-refractivity contribution in [3.8, 4) is 45.0 Å². The van der Waals surface area contributed by atoms with Gasteiger partial charge < -0.3 is 18.3 Å². The van der Waals surface area contributed by atoms with Gasteiger partial charge in [0.1, 0.15) is 0 Å². The molecule has 0 atom stereocenters. The van der Waals surface area contributed by atoms with E-state index in [0.717, 1.165) is 55.8 Å². The van der Waals surface area contributed by atoms with Crippen LogP contribution in [-0.4, -0.2) is 23.3 Å². The molecule has 5 heteroatoms. The number of pyridine rings is 1. The molecule has 0 radical (unpaired) electrons.